The monoisotopic (exact) mass is 416 g/mol. The lowest BCUT2D eigenvalue weighted by Gasteiger charge is -2.32. The summed E-state index contributed by atoms with van der Waals surface area (Å²) in [4.78, 5) is 47.1. The van der Waals surface area contributed by atoms with Crippen LogP contribution in [-0.2, 0) is 22.6 Å². The maximum atomic E-state index is 13.0. The van der Waals surface area contributed by atoms with Gasteiger partial charge in [-0.1, -0.05) is 0 Å². The van der Waals surface area contributed by atoms with E-state index >= 15 is 0 Å². The van der Waals surface area contributed by atoms with Crippen molar-refractivity contribution in [3.63, 3.8) is 0 Å². The normalized spacial score (nSPS) is 26.8. The highest BCUT2D eigenvalue weighted by Crippen LogP contribution is 2.41. The second-order valence-electron chi connectivity index (χ2n) is 8.81. The number of amides is 3. The zero-order chi connectivity index (χ0) is 20.3. The molecule has 0 N–H and O–H groups in total. The van der Waals surface area contributed by atoms with Crippen molar-refractivity contribution in [2.24, 2.45) is 5.92 Å². The van der Waals surface area contributed by atoms with Crippen molar-refractivity contribution < 1.29 is 14.4 Å². The van der Waals surface area contributed by atoms with E-state index in [1.54, 1.807) is 11.9 Å². The Balaban J connectivity index is 1.37. The van der Waals surface area contributed by atoms with Gasteiger partial charge in [0.1, 0.15) is 11.5 Å². The van der Waals surface area contributed by atoms with Crippen LogP contribution in [0.1, 0.15) is 47.0 Å². The van der Waals surface area contributed by atoms with Gasteiger partial charge in [-0.25, -0.2) is 0 Å². The van der Waals surface area contributed by atoms with Crippen molar-refractivity contribution in [2.75, 3.05) is 44.7 Å². The Labute approximate surface area is 175 Å². The number of carbonyl (C=O) groups excluding carboxylic acids is 3. The summed E-state index contributed by atoms with van der Waals surface area (Å²) in [7, 11) is 1.69. The molecule has 1 saturated carbocycles. The maximum absolute atomic E-state index is 13.0. The lowest BCUT2D eigenvalue weighted by atomic mass is 10.0. The quantitative estimate of drug-likeness (QED) is 0.750. The summed E-state index contributed by atoms with van der Waals surface area (Å²) in [6.45, 7) is 5.39. The second kappa shape index (κ2) is 7.09. The van der Waals surface area contributed by atoms with E-state index in [9.17, 15) is 14.4 Å². The van der Waals surface area contributed by atoms with Gasteiger partial charge in [0, 0.05) is 37.6 Å². The van der Waals surface area contributed by atoms with E-state index in [0.29, 0.717) is 44.2 Å². The Morgan fingerprint density at radius 1 is 1.21 bits per heavy atom. The number of nitrogens with zero attached hydrogens (tertiary/aromatic N) is 4. The van der Waals surface area contributed by atoms with Gasteiger partial charge in [-0.05, 0) is 44.1 Å². The number of likely N-dealkylation sites (N-methyl/N-ethyl adjacent to an activating group) is 2. The fraction of sp³-hybridized carbons (Fsp3) is 0.667. The molecule has 8 heteroatoms. The fourth-order valence-corrected chi connectivity index (χ4v) is 6.93. The predicted molar refractivity (Wildman–Crippen MR) is 111 cm³/mol. The first kappa shape index (κ1) is 19.1. The van der Waals surface area contributed by atoms with Gasteiger partial charge >= 0.3 is 0 Å². The van der Waals surface area contributed by atoms with Crippen LogP contribution in [0, 0.1) is 5.92 Å². The van der Waals surface area contributed by atoms with Crippen molar-refractivity contribution in [3.8, 4) is 0 Å². The first-order valence-corrected chi connectivity index (χ1v) is 11.5. The summed E-state index contributed by atoms with van der Waals surface area (Å²) < 4.78 is 0. The minimum Gasteiger partial charge on any atom is -0.336 e. The highest BCUT2D eigenvalue weighted by atomic mass is 32.1. The predicted octanol–water partition coefficient (Wildman–Crippen LogP) is 1.56. The van der Waals surface area contributed by atoms with Crippen molar-refractivity contribution in [1.29, 1.82) is 0 Å². The van der Waals surface area contributed by atoms with Crippen molar-refractivity contribution >= 4 is 34.1 Å². The van der Waals surface area contributed by atoms with Crippen LogP contribution >= 0.6 is 11.3 Å². The summed E-state index contributed by atoms with van der Waals surface area (Å²) in [5.41, 5.74) is 1.73. The molecule has 0 unspecified atom stereocenters. The van der Waals surface area contributed by atoms with Crippen LogP contribution in [0.15, 0.2) is 0 Å². The average molecular weight is 417 g/mol. The molecule has 2 fully saturated rings. The third kappa shape index (κ3) is 3.08. The SMILES string of the molecule is CCN1C(=O)CN(C)C(=O)c2c1sc1c2CCN(C(=O)CN2C[C@@H]3CC[C@H]2C3)C1. The van der Waals surface area contributed by atoms with Gasteiger partial charge in [-0.15, -0.1) is 11.3 Å². The molecular weight excluding hydrogens is 388 g/mol. The number of hydrogen-bond acceptors (Lipinski definition) is 5. The minimum absolute atomic E-state index is 0.0438. The molecule has 156 valence electrons. The highest BCUT2D eigenvalue weighted by Gasteiger charge is 2.40. The highest BCUT2D eigenvalue weighted by molar-refractivity contribution is 7.17. The van der Waals surface area contributed by atoms with E-state index in [-0.39, 0.29) is 24.3 Å². The standard InChI is InChI=1S/C21H28N4O3S/c1-3-25-18(27)11-22(2)20(28)19-15-6-7-23(10-16(15)29-21(19)25)17(26)12-24-9-13-4-5-14(24)8-13/h13-14H,3-12H2,1-2H3/t13-,14+/m1/s1. The summed E-state index contributed by atoms with van der Waals surface area (Å²) >= 11 is 1.52. The number of carbonyl (C=O) groups is 3. The molecule has 1 aromatic heterocycles. The van der Waals surface area contributed by atoms with Gasteiger partial charge in [0.2, 0.25) is 11.8 Å². The molecule has 1 aromatic rings. The lowest BCUT2D eigenvalue weighted by Crippen LogP contribution is -2.44. The van der Waals surface area contributed by atoms with Gasteiger partial charge in [0.25, 0.3) is 5.91 Å². The maximum Gasteiger partial charge on any atom is 0.257 e. The molecule has 2 bridgehead atoms. The van der Waals surface area contributed by atoms with Crippen molar-refractivity contribution in [2.45, 2.75) is 45.2 Å². The Kier molecular flexibility index (Phi) is 4.66. The van der Waals surface area contributed by atoms with E-state index in [1.807, 2.05) is 11.8 Å². The number of thiophene rings is 1. The molecule has 29 heavy (non-hydrogen) atoms. The van der Waals surface area contributed by atoms with E-state index in [0.717, 1.165) is 27.9 Å². The molecule has 4 aliphatic rings. The zero-order valence-corrected chi connectivity index (χ0v) is 18.0. The summed E-state index contributed by atoms with van der Waals surface area (Å²) in [6.07, 6.45) is 4.49. The molecule has 0 radical (unpaired) electrons. The van der Waals surface area contributed by atoms with E-state index < -0.39 is 0 Å². The van der Waals surface area contributed by atoms with E-state index in [4.69, 9.17) is 0 Å². The zero-order valence-electron chi connectivity index (χ0n) is 17.1. The minimum atomic E-state index is -0.0744. The third-order valence-corrected chi connectivity index (χ3v) is 8.29. The molecule has 2 atom stereocenters. The van der Waals surface area contributed by atoms with Crippen LogP contribution < -0.4 is 4.90 Å². The van der Waals surface area contributed by atoms with Gasteiger partial charge in [-0.2, -0.15) is 0 Å². The molecule has 0 aromatic carbocycles. The first-order chi connectivity index (χ1) is 14.0. The number of likely N-dealkylation sites (tertiary alicyclic amines) is 1. The van der Waals surface area contributed by atoms with Crippen LogP contribution in [0.25, 0.3) is 0 Å². The lowest BCUT2D eigenvalue weighted by molar-refractivity contribution is -0.133. The van der Waals surface area contributed by atoms with Crippen molar-refractivity contribution in [1.82, 2.24) is 14.7 Å². The largest absolute Gasteiger partial charge is 0.336 e. The number of piperidine rings is 1. The third-order valence-electron chi connectivity index (χ3n) is 7.05. The van der Waals surface area contributed by atoms with Gasteiger partial charge in [-0.3, -0.25) is 19.3 Å². The Morgan fingerprint density at radius 3 is 2.72 bits per heavy atom. The second-order valence-corrected chi connectivity index (χ2v) is 9.89. The number of hydrogen-bond donors (Lipinski definition) is 0. The van der Waals surface area contributed by atoms with Crippen LogP contribution in [0.4, 0.5) is 5.00 Å². The average Bonchev–Trinajstić information content (AvgIpc) is 3.39. The fourth-order valence-electron chi connectivity index (χ4n) is 5.49. The number of rotatable bonds is 3. The number of fused-ring (bicyclic) bond motifs is 5. The summed E-state index contributed by atoms with van der Waals surface area (Å²) in [5.74, 6) is 0.861. The molecule has 1 aliphatic carbocycles. The molecular formula is C21H28N4O3S. The Morgan fingerprint density at radius 2 is 2.03 bits per heavy atom. The van der Waals surface area contributed by atoms with Crippen LogP contribution in [0.5, 0.6) is 0 Å². The molecule has 3 aliphatic heterocycles. The molecule has 1 saturated heterocycles. The topological polar surface area (TPSA) is 64.2 Å². The van der Waals surface area contributed by atoms with Crippen LogP contribution in [-0.4, -0.2) is 78.2 Å². The van der Waals surface area contributed by atoms with Crippen molar-refractivity contribution in [3.05, 3.63) is 16.0 Å². The molecule has 7 nitrogen and oxygen atoms in total. The molecule has 4 heterocycles. The van der Waals surface area contributed by atoms with Crippen LogP contribution in [0.3, 0.4) is 0 Å². The number of anilines is 1. The Bertz CT molecular complexity index is 882. The van der Waals surface area contributed by atoms with Gasteiger partial charge < -0.3 is 14.7 Å². The first-order valence-electron chi connectivity index (χ1n) is 10.7. The van der Waals surface area contributed by atoms with Gasteiger partial charge in [0.15, 0.2) is 0 Å². The molecule has 5 rings (SSSR count). The smallest absolute Gasteiger partial charge is 0.257 e. The van der Waals surface area contributed by atoms with Crippen LogP contribution in [0.2, 0.25) is 0 Å². The summed E-state index contributed by atoms with van der Waals surface area (Å²) in [6, 6.07) is 0.597. The Hall–Kier alpha value is -1.93. The van der Waals surface area contributed by atoms with E-state index in [1.165, 1.54) is 35.5 Å². The van der Waals surface area contributed by atoms with E-state index in [2.05, 4.69) is 4.90 Å². The molecule has 3 amide bonds. The van der Waals surface area contributed by atoms with Gasteiger partial charge in [0.05, 0.1) is 18.7 Å². The summed E-state index contributed by atoms with van der Waals surface area (Å²) in [5, 5.41) is 0.767. The molecule has 0 spiro atoms.